The standard InChI is InChI=1S/C21H27ClN2O3S/c1-6-20(17-8-7-14(2)15(3)13-17)23-21(25)16(4)24(28(5,26)27)19-11-9-18(22)10-12-19/h7-13,16,20H,6H2,1-5H3,(H,23,25)/t16-,20+/m1/s1. The number of halogens is 1. The first-order valence-electron chi connectivity index (χ1n) is 9.17. The fraction of sp³-hybridized carbons (Fsp3) is 0.381. The Morgan fingerprint density at radius 3 is 2.21 bits per heavy atom. The van der Waals surface area contributed by atoms with Crippen molar-refractivity contribution < 1.29 is 13.2 Å². The number of nitrogens with zero attached hydrogens (tertiary/aromatic N) is 1. The molecule has 0 aliphatic rings. The molecule has 0 spiro atoms. The second-order valence-corrected chi connectivity index (χ2v) is 9.32. The first kappa shape index (κ1) is 22.2. The van der Waals surface area contributed by atoms with Gasteiger partial charge in [-0.05, 0) is 68.1 Å². The Balaban J connectivity index is 2.28. The Kier molecular flexibility index (Phi) is 7.12. The number of sulfonamides is 1. The Labute approximate surface area is 172 Å². The van der Waals surface area contributed by atoms with Gasteiger partial charge >= 0.3 is 0 Å². The van der Waals surface area contributed by atoms with Crippen LogP contribution in [-0.4, -0.2) is 26.6 Å². The van der Waals surface area contributed by atoms with E-state index in [0.717, 1.165) is 21.7 Å². The normalized spacial score (nSPS) is 13.6. The molecular formula is C21H27ClN2O3S. The molecule has 0 aliphatic heterocycles. The van der Waals surface area contributed by atoms with Crippen LogP contribution in [0.5, 0.6) is 0 Å². The molecule has 0 fully saturated rings. The van der Waals surface area contributed by atoms with E-state index in [9.17, 15) is 13.2 Å². The van der Waals surface area contributed by atoms with Crippen molar-refractivity contribution in [1.29, 1.82) is 0 Å². The van der Waals surface area contributed by atoms with Crippen LogP contribution in [0.25, 0.3) is 0 Å². The molecule has 1 amide bonds. The molecule has 0 saturated carbocycles. The molecule has 0 heterocycles. The molecule has 0 aromatic heterocycles. The fourth-order valence-electron chi connectivity index (χ4n) is 3.09. The molecule has 0 radical (unpaired) electrons. The molecule has 152 valence electrons. The number of nitrogens with one attached hydrogen (secondary N) is 1. The lowest BCUT2D eigenvalue weighted by Gasteiger charge is -2.30. The van der Waals surface area contributed by atoms with E-state index >= 15 is 0 Å². The number of carbonyl (C=O) groups is 1. The first-order valence-corrected chi connectivity index (χ1v) is 11.4. The first-order chi connectivity index (χ1) is 13.0. The number of anilines is 1. The predicted octanol–water partition coefficient (Wildman–Crippen LogP) is 4.38. The van der Waals surface area contributed by atoms with Gasteiger partial charge in [-0.1, -0.05) is 36.7 Å². The van der Waals surface area contributed by atoms with Crippen LogP contribution >= 0.6 is 11.6 Å². The maximum atomic E-state index is 12.9. The van der Waals surface area contributed by atoms with Gasteiger partial charge in [0.2, 0.25) is 15.9 Å². The summed E-state index contributed by atoms with van der Waals surface area (Å²) in [5.41, 5.74) is 3.73. The molecule has 2 aromatic rings. The number of carbonyl (C=O) groups excluding carboxylic acids is 1. The average molecular weight is 423 g/mol. The van der Waals surface area contributed by atoms with E-state index in [1.54, 1.807) is 31.2 Å². The lowest BCUT2D eigenvalue weighted by Crippen LogP contribution is -2.48. The molecule has 2 aromatic carbocycles. The Hall–Kier alpha value is -2.05. The van der Waals surface area contributed by atoms with E-state index in [-0.39, 0.29) is 11.9 Å². The summed E-state index contributed by atoms with van der Waals surface area (Å²) in [7, 11) is -3.67. The zero-order valence-corrected chi connectivity index (χ0v) is 18.4. The number of rotatable bonds is 7. The molecule has 7 heteroatoms. The predicted molar refractivity (Wildman–Crippen MR) is 115 cm³/mol. The van der Waals surface area contributed by atoms with Crippen molar-refractivity contribution in [3.05, 3.63) is 64.2 Å². The number of aryl methyl sites for hydroxylation is 2. The van der Waals surface area contributed by atoms with Crippen molar-refractivity contribution in [2.45, 2.75) is 46.2 Å². The van der Waals surface area contributed by atoms with Crippen molar-refractivity contribution in [2.75, 3.05) is 10.6 Å². The van der Waals surface area contributed by atoms with Crippen LogP contribution in [-0.2, 0) is 14.8 Å². The topological polar surface area (TPSA) is 66.5 Å². The van der Waals surface area contributed by atoms with Gasteiger partial charge in [-0.25, -0.2) is 8.42 Å². The van der Waals surface area contributed by atoms with Gasteiger partial charge in [0.15, 0.2) is 0 Å². The number of hydrogen-bond donors (Lipinski definition) is 1. The van der Waals surface area contributed by atoms with Crippen LogP contribution in [0.3, 0.4) is 0 Å². The summed E-state index contributed by atoms with van der Waals surface area (Å²) in [6.45, 7) is 7.63. The zero-order valence-electron chi connectivity index (χ0n) is 16.9. The minimum Gasteiger partial charge on any atom is -0.347 e. The van der Waals surface area contributed by atoms with Crippen molar-refractivity contribution in [2.24, 2.45) is 0 Å². The summed E-state index contributed by atoms with van der Waals surface area (Å²) < 4.78 is 25.9. The lowest BCUT2D eigenvalue weighted by molar-refractivity contribution is -0.122. The summed E-state index contributed by atoms with van der Waals surface area (Å²) in [4.78, 5) is 12.9. The summed E-state index contributed by atoms with van der Waals surface area (Å²) in [6, 6.07) is 11.4. The van der Waals surface area contributed by atoms with Gasteiger partial charge in [-0.15, -0.1) is 0 Å². The van der Waals surface area contributed by atoms with E-state index in [2.05, 4.69) is 11.4 Å². The van der Waals surface area contributed by atoms with Gasteiger partial charge in [0.25, 0.3) is 0 Å². The maximum Gasteiger partial charge on any atom is 0.244 e. The van der Waals surface area contributed by atoms with Gasteiger partial charge in [0, 0.05) is 5.02 Å². The van der Waals surface area contributed by atoms with Crippen molar-refractivity contribution >= 4 is 33.2 Å². The average Bonchev–Trinajstić information content (AvgIpc) is 2.62. The third-order valence-electron chi connectivity index (χ3n) is 4.83. The van der Waals surface area contributed by atoms with E-state index in [1.807, 2.05) is 32.9 Å². The lowest BCUT2D eigenvalue weighted by atomic mass is 9.99. The van der Waals surface area contributed by atoms with Crippen LogP contribution in [0.4, 0.5) is 5.69 Å². The highest BCUT2D eigenvalue weighted by Gasteiger charge is 2.30. The largest absolute Gasteiger partial charge is 0.347 e. The minimum absolute atomic E-state index is 0.194. The van der Waals surface area contributed by atoms with Gasteiger partial charge in [0.1, 0.15) is 6.04 Å². The van der Waals surface area contributed by atoms with Gasteiger partial charge in [-0.3, -0.25) is 9.10 Å². The van der Waals surface area contributed by atoms with Crippen LogP contribution in [0.1, 0.15) is 43.0 Å². The fourth-order valence-corrected chi connectivity index (χ4v) is 4.39. The Morgan fingerprint density at radius 2 is 1.71 bits per heavy atom. The van der Waals surface area contributed by atoms with Gasteiger partial charge < -0.3 is 5.32 Å². The number of benzene rings is 2. The van der Waals surface area contributed by atoms with Crippen LogP contribution < -0.4 is 9.62 Å². The third kappa shape index (κ3) is 5.26. The van der Waals surface area contributed by atoms with Crippen molar-refractivity contribution in [3.63, 3.8) is 0 Å². The maximum absolute atomic E-state index is 12.9. The quantitative estimate of drug-likeness (QED) is 0.720. The summed E-state index contributed by atoms with van der Waals surface area (Å²) >= 11 is 5.90. The van der Waals surface area contributed by atoms with Crippen LogP contribution in [0.15, 0.2) is 42.5 Å². The van der Waals surface area contributed by atoms with Gasteiger partial charge in [-0.2, -0.15) is 0 Å². The molecule has 0 aliphatic carbocycles. The molecule has 1 N–H and O–H groups in total. The molecule has 0 bridgehead atoms. The highest BCUT2D eigenvalue weighted by atomic mass is 35.5. The van der Waals surface area contributed by atoms with E-state index in [0.29, 0.717) is 17.1 Å². The van der Waals surface area contributed by atoms with Crippen LogP contribution in [0.2, 0.25) is 5.02 Å². The Bertz CT molecular complexity index is 943. The number of hydrogen-bond acceptors (Lipinski definition) is 3. The van der Waals surface area contributed by atoms with E-state index in [4.69, 9.17) is 11.6 Å². The highest BCUT2D eigenvalue weighted by molar-refractivity contribution is 7.92. The molecule has 2 atom stereocenters. The monoisotopic (exact) mass is 422 g/mol. The van der Waals surface area contributed by atoms with Crippen LogP contribution in [0, 0.1) is 13.8 Å². The van der Waals surface area contributed by atoms with E-state index in [1.165, 1.54) is 5.56 Å². The molecule has 0 saturated heterocycles. The second-order valence-electron chi connectivity index (χ2n) is 7.02. The molecule has 28 heavy (non-hydrogen) atoms. The molecule has 5 nitrogen and oxygen atoms in total. The summed E-state index contributed by atoms with van der Waals surface area (Å²) in [6.07, 6.45) is 1.78. The van der Waals surface area contributed by atoms with Crippen molar-refractivity contribution in [1.82, 2.24) is 5.32 Å². The SMILES string of the molecule is CC[C@H](NC(=O)[C@@H](C)N(c1ccc(Cl)cc1)S(C)(=O)=O)c1ccc(C)c(C)c1. The Morgan fingerprint density at radius 1 is 1.11 bits per heavy atom. The molecule has 2 rings (SSSR count). The van der Waals surface area contributed by atoms with Gasteiger partial charge in [0.05, 0.1) is 18.0 Å². The zero-order chi connectivity index (χ0) is 21.1. The van der Waals surface area contributed by atoms with E-state index < -0.39 is 16.1 Å². The van der Waals surface area contributed by atoms with Crippen molar-refractivity contribution in [3.8, 4) is 0 Å². The molecular weight excluding hydrogens is 396 g/mol. The smallest absolute Gasteiger partial charge is 0.244 e. The third-order valence-corrected chi connectivity index (χ3v) is 6.32. The highest BCUT2D eigenvalue weighted by Crippen LogP contribution is 2.24. The molecule has 0 unspecified atom stereocenters. The summed E-state index contributed by atoms with van der Waals surface area (Å²) in [5.74, 6) is -0.356. The number of amides is 1. The second kappa shape index (κ2) is 8.97. The minimum atomic E-state index is -3.67. The summed E-state index contributed by atoms with van der Waals surface area (Å²) in [5, 5.41) is 3.49.